The molecule has 2 aliphatic rings. The Morgan fingerprint density at radius 2 is 1.94 bits per heavy atom. The maximum Gasteiger partial charge on any atom is 0.0991 e. The van der Waals surface area contributed by atoms with Crippen LogP contribution >= 0.6 is 0 Å². The molecule has 1 aromatic rings. The van der Waals surface area contributed by atoms with Crippen LogP contribution in [0, 0.1) is 73.5 Å². The van der Waals surface area contributed by atoms with Crippen molar-refractivity contribution in [3.8, 4) is 6.07 Å². The Morgan fingerprint density at radius 3 is 2.41 bits per heavy atom. The molecule has 1 N–H and O–H groups in total. The van der Waals surface area contributed by atoms with E-state index in [2.05, 4.69) is 37.4 Å². The molecule has 0 saturated heterocycles. The van der Waals surface area contributed by atoms with E-state index in [1.165, 1.54) is 62.5 Å². The Labute approximate surface area is 221 Å². The van der Waals surface area contributed by atoms with Gasteiger partial charge in [-0.3, -0.25) is 0 Å². The van der Waals surface area contributed by atoms with Gasteiger partial charge in [-0.05, 0) is 113 Å². The molecule has 32 heavy (non-hydrogen) atoms. The summed E-state index contributed by atoms with van der Waals surface area (Å²) in [7, 11) is 0. The average molecular weight is 662 g/mol. The van der Waals surface area contributed by atoms with Gasteiger partial charge in [0.2, 0.25) is 0 Å². The fraction of sp³-hybridized carbons (Fsp3) is 0.643. The smallest absolute Gasteiger partial charge is 0.0991 e. The fourth-order valence-corrected chi connectivity index (χ4v) is 4.58. The topological polar surface area (TPSA) is 52.9 Å². The van der Waals surface area contributed by atoms with Crippen LogP contribution in [0.3, 0.4) is 0 Å². The minimum atomic E-state index is 0. The number of amides is 1. The van der Waals surface area contributed by atoms with Crippen molar-refractivity contribution < 1.29 is 35.9 Å². The molecule has 0 bridgehead atoms. The van der Waals surface area contributed by atoms with Crippen LogP contribution in [0.25, 0.3) is 0 Å². The molecule has 1 spiro atoms. The number of benzene rings is 1. The number of rotatable bonds is 7. The Balaban J connectivity index is 0.000000516. The third-order valence-corrected chi connectivity index (χ3v) is 6.90. The number of aryl methyl sites for hydroxylation is 2. The van der Waals surface area contributed by atoms with Gasteiger partial charge in [-0.15, -0.1) is 0 Å². The fourth-order valence-electron chi connectivity index (χ4n) is 4.58. The predicted octanol–water partition coefficient (Wildman–Crippen LogP) is 7.18. The minimum Gasteiger partial charge on any atom is -0.530 e. The molecular formula is C28H43N2OU-. The van der Waals surface area contributed by atoms with Crippen molar-refractivity contribution in [2.75, 3.05) is 6.54 Å². The molecule has 2 unspecified atom stereocenters. The maximum atomic E-state index is 10.2. The van der Waals surface area contributed by atoms with E-state index in [1.807, 2.05) is 45.4 Å². The van der Waals surface area contributed by atoms with Crippen molar-refractivity contribution in [1.29, 1.82) is 5.26 Å². The van der Waals surface area contributed by atoms with Crippen LogP contribution in [0.5, 0.6) is 0 Å². The molecule has 1 aromatic carbocycles. The van der Waals surface area contributed by atoms with Crippen LogP contribution in [0.4, 0.5) is 0 Å². The van der Waals surface area contributed by atoms with Gasteiger partial charge in [0.05, 0.1) is 11.6 Å². The Kier molecular flexibility index (Phi) is 16.9. The zero-order valence-corrected chi connectivity index (χ0v) is 25.1. The number of carbonyl (C=O) groups excluding carboxylic acids is 1. The molecule has 3 nitrogen and oxygen atoms in total. The first-order valence-corrected chi connectivity index (χ1v) is 12.1. The van der Waals surface area contributed by atoms with Crippen molar-refractivity contribution in [2.24, 2.45) is 17.3 Å². The summed E-state index contributed by atoms with van der Waals surface area (Å²) in [6, 6.07) is 7.79. The van der Waals surface area contributed by atoms with Gasteiger partial charge in [-0.25, -0.2) is 0 Å². The summed E-state index contributed by atoms with van der Waals surface area (Å²) < 4.78 is 0. The van der Waals surface area contributed by atoms with Gasteiger partial charge < -0.3 is 10.1 Å². The molecule has 4 heteroatoms. The molecule has 176 valence electrons. The second-order valence-electron chi connectivity index (χ2n) is 9.21. The molecule has 2 fully saturated rings. The third kappa shape index (κ3) is 11.2. The Hall–Kier alpha value is -1.03. The van der Waals surface area contributed by atoms with Crippen molar-refractivity contribution in [2.45, 2.75) is 92.4 Å². The van der Waals surface area contributed by atoms with E-state index >= 15 is 0 Å². The van der Waals surface area contributed by atoms with Crippen LogP contribution in [0.2, 0.25) is 0 Å². The van der Waals surface area contributed by atoms with E-state index in [0.717, 1.165) is 35.8 Å². The van der Waals surface area contributed by atoms with Crippen LogP contribution in [0.15, 0.2) is 30.4 Å². The van der Waals surface area contributed by atoms with Gasteiger partial charge in [-0.1, -0.05) is 44.9 Å². The normalized spacial score (nSPS) is 20.0. The zero-order chi connectivity index (χ0) is 23.1. The molecule has 0 aromatic heterocycles. The summed E-state index contributed by atoms with van der Waals surface area (Å²) in [4.78, 5) is 10.2. The standard InChI is InChI=1S/C14H24NO.C9H9N.C5H10.U/c1-2-3-4-13-9-12(10-15-11-16)5-6-14(13)7-8-14;1-7-3-4-9(6-10)5-8(7)2;1-3-5-4-2;/h12-13H,2-10H2,1H3,(H,15,16);3-5H,1-2H3;3,5H,4H2,1-2H3;/q-1;;;/b;;5-3-;. The zero-order valence-electron chi connectivity index (χ0n) is 21.0. The quantitative estimate of drug-likeness (QED) is 0.191. The van der Waals surface area contributed by atoms with Crippen molar-refractivity contribution in [3.05, 3.63) is 47.0 Å². The van der Waals surface area contributed by atoms with E-state index in [1.54, 1.807) is 0 Å². The molecular weight excluding hydrogens is 618 g/mol. The first kappa shape index (κ1) is 31.0. The van der Waals surface area contributed by atoms with E-state index in [4.69, 9.17) is 5.26 Å². The van der Waals surface area contributed by atoms with Gasteiger partial charge in [0.1, 0.15) is 0 Å². The molecule has 0 heterocycles. The number of nitrogens with one attached hydrogen (secondary N) is 1. The predicted molar refractivity (Wildman–Crippen MR) is 131 cm³/mol. The van der Waals surface area contributed by atoms with Crippen LogP contribution in [0.1, 0.15) is 95.2 Å². The molecule has 0 radical (unpaired) electrons. The summed E-state index contributed by atoms with van der Waals surface area (Å²) in [6.45, 7) is 11.3. The number of nitrogens with zero attached hydrogens (tertiary/aromatic N) is 1. The summed E-state index contributed by atoms with van der Waals surface area (Å²) in [5.74, 6) is 1.66. The average Bonchev–Trinajstić information content (AvgIpc) is 3.56. The van der Waals surface area contributed by atoms with Gasteiger partial charge in [0, 0.05) is 31.1 Å². The van der Waals surface area contributed by atoms with Gasteiger partial charge in [0.25, 0.3) is 0 Å². The summed E-state index contributed by atoms with van der Waals surface area (Å²) in [6.07, 6.45) is 18.3. The first-order chi connectivity index (χ1) is 15.0. The molecule has 0 aliphatic heterocycles. The Bertz CT molecular complexity index is 719. The first-order valence-electron chi connectivity index (χ1n) is 12.1. The van der Waals surface area contributed by atoms with Crippen molar-refractivity contribution in [1.82, 2.24) is 5.32 Å². The number of nitriles is 1. The van der Waals surface area contributed by atoms with E-state index < -0.39 is 0 Å². The molecule has 2 atom stereocenters. The second-order valence-corrected chi connectivity index (χ2v) is 9.21. The van der Waals surface area contributed by atoms with Crippen LogP contribution in [-0.4, -0.2) is 13.0 Å². The van der Waals surface area contributed by atoms with Crippen LogP contribution < -0.4 is 5.32 Å². The second kappa shape index (κ2) is 17.4. The number of hydrogen-bond donors (Lipinski definition) is 1. The molecule has 1 amide bonds. The summed E-state index contributed by atoms with van der Waals surface area (Å²) >= 11 is 0. The summed E-state index contributed by atoms with van der Waals surface area (Å²) in [5, 5.41) is 11.2. The van der Waals surface area contributed by atoms with Gasteiger partial charge in [-0.2, -0.15) is 11.7 Å². The van der Waals surface area contributed by atoms with E-state index in [-0.39, 0.29) is 31.1 Å². The number of hydrogen-bond acceptors (Lipinski definition) is 2. The van der Waals surface area contributed by atoms with E-state index in [9.17, 15) is 4.79 Å². The minimum absolute atomic E-state index is 0. The SMILES string of the molecule is C/C=C\CC.CCCCC1CC(CN[C-]=O)CCC12CC2.Cc1ccc(C#N)cc1C.[U]. The third-order valence-electron chi connectivity index (χ3n) is 6.90. The van der Waals surface area contributed by atoms with Crippen molar-refractivity contribution in [3.63, 3.8) is 0 Å². The van der Waals surface area contributed by atoms with Gasteiger partial charge >= 0.3 is 0 Å². The Morgan fingerprint density at radius 1 is 1.22 bits per heavy atom. The van der Waals surface area contributed by atoms with Crippen molar-refractivity contribution >= 4 is 6.41 Å². The monoisotopic (exact) mass is 661 g/mol. The molecule has 2 aliphatic carbocycles. The molecule has 2 saturated carbocycles. The number of unbranched alkanes of at least 4 members (excludes halogenated alkanes) is 1. The van der Waals surface area contributed by atoms with Crippen LogP contribution in [-0.2, 0) is 4.79 Å². The molecule has 3 rings (SSSR count). The largest absolute Gasteiger partial charge is 0.530 e. The van der Waals surface area contributed by atoms with Gasteiger partial charge in [0.15, 0.2) is 0 Å². The maximum absolute atomic E-state index is 10.2. The van der Waals surface area contributed by atoms with E-state index in [0.29, 0.717) is 0 Å². The number of allylic oxidation sites excluding steroid dienone is 2. The summed E-state index contributed by atoms with van der Waals surface area (Å²) in [5.41, 5.74) is 3.90.